The van der Waals surface area contributed by atoms with Gasteiger partial charge in [0.2, 0.25) is 11.8 Å². The Morgan fingerprint density at radius 1 is 1.23 bits per heavy atom. The highest BCUT2D eigenvalue weighted by molar-refractivity contribution is 5.86. The van der Waals surface area contributed by atoms with Crippen LogP contribution in [0.25, 0.3) is 0 Å². The van der Waals surface area contributed by atoms with Crippen molar-refractivity contribution in [1.29, 1.82) is 0 Å². The lowest BCUT2D eigenvalue weighted by Crippen LogP contribution is -2.49. The lowest BCUT2D eigenvalue weighted by Gasteiger charge is -2.27. The highest BCUT2D eigenvalue weighted by atomic mass is 19.3. The number of alkyl halides is 2. The molecule has 0 spiro atoms. The Hall–Kier alpha value is -2.38. The number of amides is 2. The summed E-state index contributed by atoms with van der Waals surface area (Å²) in [6.45, 7) is 4.35. The van der Waals surface area contributed by atoms with Gasteiger partial charge in [-0.1, -0.05) is 19.9 Å². The van der Waals surface area contributed by atoms with E-state index in [9.17, 15) is 18.4 Å². The summed E-state index contributed by atoms with van der Waals surface area (Å²) < 4.78 is 34.7. The topological polar surface area (TPSA) is 67.9 Å². The third kappa shape index (κ3) is 6.50. The Morgan fingerprint density at radius 3 is 2.38 bits per heavy atom. The van der Waals surface area contributed by atoms with Gasteiger partial charge in [0, 0.05) is 20.5 Å². The van der Waals surface area contributed by atoms with E-state index in [0.717, 1.165) is 0 Å². The van der Waals surface area contributed by atoms with Gasteiger partial charge in [-0.3, -0.25) is 9.59 Å². The number of hydrogen-bond donors (Lipinski definition) is 1. The molecular weight excluding hydrogens is 346 g/mol. The average Bonchev–Trinajstić information content (AvgIpc) is 2.53. The molecule has 2 amide bonds. The second-order valence-electron chi connectivity index (χ2n) is 6.21. The molecule has 1 aromatic carbocycles. The molecule has 0 saturated heterocycles. The quantitative estimate of drug-likeness (QED) is 0.724. The van der Waals surface area contributed by atoms with Crippen LogP contribution in [0, 0.1) is 5.92 Å². The summed E-state index contributed by atoms with van der Waals surface area (Å²) in [6.07, 6.45) is 0. The maximum absolute atomic E-state index is 12.6. The van der Waals surface area contributed by atoms with Crippen molar-refractivity contribution >= 4 is 11.8 Å². The molecule has 0 aromatic heterocycles. The molecule has 8 heteroatoms. The molecule has 0 radical (unpaired) electrons. The fraction of sp³-hybridized carbons (Fsp3) is 0.556. The van der Waals surface area contributed by atoms with E-state index in [1.807, 2.05) is 13.8 Å². The first-order valence-electron chi connectivity index (χ1n) is 8.38. The van der Waals surface area contributed by atoms with Crippen molar-refractivity contribution in [1.82, 2.24) is 10.2 Å². The molecule has 0 heterocycles. The van der Waals surface area contributed by atoms with Crippen LogP contribution < -0.4 is 14.8 Å². The van der Waals surface area contributed by atoms with Gasteiger partial charge in [-0.25, -0.2) is 0 Å². The highest BCUT2D eigenvalue weighted by Gasteiger charge is 2.26. The Morgan fingerprint density at radius 2 is 1.88 bits per heavy atom. The third-order valence-corrected chi connectivity index (χ3v) is 3.61. The highest BCUT2D eigenvalue weighted by Crippen LogP contribution is 2.30. The van der Waals surface area contributed by atoms with Crippen molar-refractivity contribution in [2.24, 2.45) is 5.92 Å². The van der Waals surface area contributed by atoms with Gasteiger partial charge in [-0.2, -0.15) is 8.78 Å². The number of carbonyl (C=O) groups excluding carboxylic acids is 2. The number of nitrogens with one attached hydrogen (secondary N) is 1. The van der Waals surface area contributed by atoms with Crippen LogP contribution in [0.3, 0.4) is 0 Å². The van der Waals surface area contributed by atoms with Crippen molar-refractivity contribution in [3.05, 3.63) is 23.8 Å². The molecule has 0 aliphatic carbocycles. The smallest absolute Gasteiger partial charge is 0.387 e. The van der Waals surface area contributed by atoms with Crippen molar-refractivity contribution < 1.29 is 27.8 Å². The van der Waals surface area contributed by atoms with E-state index >= 15 is 0 Å². The molecule has 1 rings (SSSR count). The average molecular weight is 372 g/mol. The first-order valence-corrected chi connectivity index (χ1v) is 8.38. The molecule has 1 unspecified atom stereocenters. The van der Waals surface area contributed by atoms with Crippen LogP contribution in [0.5, 0.6) is 11.5 Å². The summed E-state index contributed by atoms with van der Waals surface area (Å²) in [7, 11) is 1.61. The summed E-state index contributed by atoms with van der Waals surface area (Å²) in [5.41, 5.74) is 0.691. The molecule has 0 fully saturated rings. The van der Waals surface area contributed by atoms with E-state index in [-0.39, 0.29) is 42.4 Å². The molecule has 1 atom stereocenters. The molecule has 26 heavy (non-hydrogen) atoms. The van der Waals surface area contributed by atoms with Crippen molar-refractivity contribution in [3.63, 3.8) is 0 Å². The Bertz CT molecular complexity index is 623. The summed E-state index contributed by atoms with van der Waals surface area (Å²) in [5, 5.41) is 2.65. The zero-order valence-electron chi connectivity index (χ0n) is 15.7. The van der Waals surface area contributed by atoms with Gasteiger partial charge in [0.25, 0.3) is 0 Å². The number of likely N-dealkylation sites (N-methyl/N-ethyl adjacent to an activating group) is 1. The second-order valence-corrected chi connectivity index (χ2v) is 6.21. The largest absolute Gasteiger partial charge is 0.490 e. The SMILES string of the molecule is CCOc1cc(CN(C)C(=O)C(NC(C)=O)C(C)C)ccc1OC(F)F. The lowest BCUT2D eigenvalue weighted by atomic mass is 10.0. The van der Waals surface area contributed by atoms with Gasteiger partial charge in [0.1, 0.15) is 6.04 Å². The molecular formula is C18H26F2N2O4. The lowest BCUT2D eigenvalue weighted by molar-refractivity contribution is -0.136. The van der Waals surface area contributed by atoms with E-state index < -0.39 is 12.7 Å². The molecule has 0 aliphatic rings. The molecule has 1 aromatic rings. The summed E-state index contributed by atoms with van der Waals surface area (Å²) in [5.74, 6) is -0.459. The number of carbonyl (C=O) groups is 2. The van der Waals surface area contributed by atoms with Crippen LogP contribution in [0.4, 0.5) is 8.78 Å². The molecule has 0 saturated carbocycles. The van der Waals surface area contributed by atoms with Crippen LogP contribution in [0.15, 0.2) is 18.2 Å². The molecule has 0 aliphatic heterocycles. The maximum Gasteiger partial charge on any atom is 0.387 e. The van der Waals surface area contributed by atoms with Crippen molar-refractivity contribution in [2.75, 3.05) is 13.7 Å². The molecule has 1 N–H and O–H groups in total. The standard InChI is InChI=1S/C18H26F2N2O4/c1-6-25-15-9-13(7-8-14(15)26-18(19)20)10-22(5)17(24)16(11(2)3)21-12(4)23/h7-9,11,16,18H,6,10H2,1-5H3,(H,21,23). The predicted molar refractivity (Wildman–Crippen MR) is 93.2 cm³/mol. The van der Waals surface area contributed by atoms with Crippen molar-refractivity contribution in [2.45, 2.75) is 46.9 Å². The van der Waals surface area contributed by atoms with Gasteiger partial charge in [-0.05, 0) is 30.5 Å². The zero-order valence-corrected chi connectivity index (χ0v) is 15.7. The summed E-state index contributed by atoms with van der Waals surface area (Å²) in [4.78, 5) is 25.4. The van der Waals surface area contributed by atoms with Crippen LogP contribution in [0.2, 0.25) is 0 Å². The second kappa shape index (κ2) is 9.94. The minimum absolute atomic E-state index is 0.0575. The van der Waals surface area contributed by atoms with Gasteiger partial charge in [0.05, 0.1) is 6.61 Å². The van der Waals surface area contributed by atoms with E-state index in [1.165, 1.54) is 17.9 Å². The minimum atomic E-state index is -2.95. The van der Waals surface area contributed by atoms with Crippen molar-refractivity contribution in [3.8, 4) is 11.5 Å². The molecule has 146 valence electrons. The first-order chi connectivity index (χ1) is 12.1. The van der Waals surface area contributed by atoms with Gasteiger partial charge in [0.15, 0.2) is 11.5 Å². The van der Waals surface area contributed by atoms with Crippen LogP contribution in [0.1, 0.15) is 33.3 Å². The number of hydrogen-bond acceptors (Lipinski definition) is 4. The predicted octanol–water partition coefficient (Wildman–Crippen LogP) is 2.81. The van der Waals surface area contributed by atoms with E-state index in [4.69, 9.17) is 4.74 Å². The van der Waals surface area contributed by atoms with Gasteiger partial charge in [-0.15, -0.1) is 0 Å². The molecule has 6 nitrogen and oxygen atoms in total. The number of ether oxygens (including phenoxy) is 2. The van der Waals surface area contributed by atoms with Gasteiger partial charge < -0.3 is 19.7 Å². The fourth-order valence-corrected chi connectivity index (χ4v) is 2.43. The Labute approximate surface area is 152 Å². The zero-order chi connectivity index (χ0) is 19.9. The molecule has 0 bridgehead atoms. The van der Waals surface area contributed by atoms with Crippen LogP contribution in [-0.4, -0.2) is 43.0 Å². The van der Waals surface area contributed by atoms with Crippen LogP contribution in [-0.2, 0) is 16.1 Å². The summed E-state index contributed by atoms with van der Waals surface area (Å²) in [6, 6.07) is 3.91. The maximum atomic E-state index is 12.6. The number of benzene rings is 1. The first kappa shape index (κ1) is 21.7. The van der Waals surface area contributed by atoms with E-state index in [0.29, 0.717) is 5.56 Å². The fourth-order valence-electron chi connectivity index (χ4n) is 2.43. The summed E-state index contributed by atoms with van der Waals surface area (Å²) >= 11 is 0. The third-order valence-electron chi connectivity index (χ3n) is 3.61. The monoisotopic (exact) mass is 372 g/mol. The number of rotatable bonds is 9. The number of nitrogens with zero attached hydrogens (tertiary/aromatic N) is 1. The van der Waals surface area contributed by atoms with E-state index in [1.54, 1.807) is 26.1 Å². The minimum Gasteiger partial charge on any atom is -0.490 e. The van der Waals surface area contributed by atoms with E-state index in [2.05, 4.69) is 10.1 Å². The number of halogens is 2. The normalized spacial score (nSPS) is 12.0. The van der Waals surface area contributed by atoms with Crippen LogP contribution >= 0.6 is 0 Å². The Balaban J connectivity index is 2.93. The van der Waals surface area contributed by atoms with Gasteiger partial charge >= 0.3 is 6.61 Å². The Kier molecular flexibility index (Phi) is 8.28.